The van der Waals surface area contributed by atoms with E-state index in [9.17, 15) is 4.79 Å². The van der Waals surface area contributed by atoms with Gasteiger partial charge in [-0.1, -0.05) is 12.1 Å². The Morgan fingerprint density at radius 3 is 2.37 bits per heavy atom. The minimum atomic E-state index is -0.0655. The highest BCUT2D eigenvalue weighted by atomic mass is 16.5. The third kappa shape index (κ3) is 3.70. The van der Waals surface area contributed by atoms with Crippen molar-refractivity contribution < 1.29 is 9.53 Å². The molecule has 0 fully saturated rings. The van der Waals surface area contributed by atoms with E-state index in [-0.39, 0.29) is 18.0 Å². The van der Waals surface area contributed by atoms with Gasteiger partial charge in [-0.2, -0.15) is 0 Å². The largest absolute Gasteiger partial charge is 0.496 e. The predicted octanol–water partition coefficient (Wildman–Crippen LogP) is 2.77. The zero-order valence-corrected chi connectivity index (χ0v) is 12.7. The molecule has 4 nitrogen and oxygen atoms in total. The molecular weight excluding hydrogens is 240 g/mol. The van der Waals surface area contributed by atoms with Gasteiger partial charge in [0.2, 0.25) is 0 Å². The lowest BCUT2D eigenvalue weighted by atomic mass is 10.1. The fourth-order valence-electron chi connectivity index (χ4n) is 1.94. The summed E-state index contributed by atoms with van der Waals surface area (Å²) in [5, 5.41) is 1.65. The number of nitrogens with zero attached hydrogens (tertiary/aromatic N) is 1. The molecule has 1 aromatic rings. The molecule has 0 heterocycles. The summed E-state index contributed by atoms with van der Waals surface area (Å²) in [6.07, 6.45) is 0. The van der Waals surface area contributed by atoms with Crippen molar-refractivity contribution in [2.75, 3.05) is 7.11 Å². The number of hydrogen-bond acceptors (Lipinski definition) is 3. The van der Waals surface area contributed by atoms with Gasteiger partial charge >= 0.3 is 0 Å². The Balaban J connectivity index is 3.13. The normalized spacial score (nSPS) is 10.9. The van der Waals surface area contributed by atoms with E-state index in [1.807, 2.05) is 46.8 Å². The monoisotopic (exact) mass is 264 g/mol. The van der Waals surface area contributed by atoms with Gasteiger partial charge in [-0.25, -0.2) is 5.43 Å². The van der Waals surface area contributed by atoms with E-state index >= 15 is 0 Å². The first-order valence-electron chi connectivity index (χ1n) is 6.61. The average molecular weight is 264 g/mol. The van der Waals surface area contributed by atoms with Crippen LogP contribution in [-0.2, 0) is 0 Å². The first-order chi connectivity index (χ1) is 8.88. The highest BCUT2D eigenvalue weighted by molar-refractivity contribution is 5.97. The maximum atomic E-state index is 12.6. The Bertz CT molecular complexity index is 442. The molecule has 0 saturated carbocycles. The summed E-state index contributed by atoms with van der Waals surface area (Å²) in [5.41, 5.74) is 4.72. The summed E-state index contributed by atoms with van der Waals surface area (Å²) in [6.45, 7) is 9.92. The van der Waals surface area contributed by atoms with Crippen LogP contribution in [0.1, 0.15) is 43.6 Å². The van der Waals surface area contributed by atoms with Gasteiger partial charge in [-0.3, -0.25) is 9.80 Å². The molecule has 0 bridgehead atoms. The van der Waals surface area contributed by atoms with Crippen LogP contribution < -0.4 is 10.2 Å². The highest BCUT2D eigenvalue weighted by Crippen LogP contribution is 2.24. The maximum Gasteiger partial charge on any atom is 0.271 e. The second-order valence-electron chi connectivity index (χ2n) is 5.21. The summed E-state index contributed by atoms with van der Waals surface area (Å²) in [4.78, 5) is 12.6. The maximum absolute atomic E-state index is 12.6. The number of carbonyl (C=O) groups excluding carboxylic acids is 1. The Morgan fingerprint density at radius 1 is 1.26 bits per heavy atom. The van der Waals surface area contributed by atoms with Gasteiger partial charge in [0.05, 0.1) is 12.7 Å². The van der Waals surface area contributed by atoms with Crippen molar-refractivity contribution in [2.45, 2.75) is 46.7 Å². The van der Waals surface area contributed by atoms with Crippen molar-refractivity contribution in [2.24, 2.45) is 0 Å². The molecule has 0 saturated heterocycles. The van der Waals surface area contributed by atoms with E-state index in [0.29, 0.717) is 11.3 Å². The van der Waals surface area contributed by atoms with Crippen molar-refractivity contribution in [3.8, 4) is 5.75 Å². The fraction of sp³-hybridized carbons (Fsp3) is 0.533. The lowest BCUT2D eigenvalue weighted by molar-refractivity contribution is 0.0546. The number of rotatable bonds is 5. The van der Waals surface area contributed by atoms with Crippen LogP contribution in [0.2, 0.25) is 0 Å². The number of benzene rings is 1. The van der Waals surface area contributed by atoms with E-state index in [0.717, 1.165) is 5.56 Å². The summed E-state index contributed by atoms with van der Waals surface area (Å²) in [5.74, 6) is 0.577. The number of ether oxygens (including phenoxy) is 1. The summed E-state index contributed by atoms with van der Waals surface area (Å²) in [7, 11) is 1.59. The summed E-state index contributed by atoms with van der Waals surface area (Å²) in [6, 6.07) is 5.87. The van der Waals surface area contributed by atoms with Gasteiger partial charge in [0, 0.05) is 12.1 Å². The van der Waals surface area contributed by atoms with Gasteiger partial charge in [-0.05, 0) is 46.2 Å². The van der Waals surface area contributed by atoms with Crippen LogP contribution in [0, 0.1) is 6.92 Å². The number of para-hydroxylation sites is 1. The molecule has 0 radical (unpaired) electrons. The van der Waals surface area contributed by atoms with Gasteiger partial charge in [0.15, 0.2) is 0 Å². The second-order valence-corrected chi connectivity index (χ2v) is 5.21. The molecule has 0 aliphatic rings. The minimum Gasteiger partial charge on any atom is -0.496 e. The van der Waals surface area contributed by atoms with E-state index in [2.05, 4.69) is 5.43 Å². The molecule has 0 unspecified atom stereocenters. The van der Waals surface area contributed by atoms with Crippen LogP contribution in [0.5, 0.6) is 5.75 Å². The molecule has 0 aliphatic heterocycles. The number of hydrogen-bond donors (Lipinski definition) is 1. The van der Waals surface area contributed by atoms with Crippen LogP contribution in [0.25, 0.3) is 0 Å². The van der Waals surface area contributed by atoms with Gasteiger partial charge in [0.25, 0.3) is 5.91 Å². The fourth-order valence-corrected chi connectivity index (χ4v) is 1.94. The third-order valence-electron chi connectivity index (χ3n) is 2.78. The SMILES string of the molecule is COc1c(C)cccc1C(=O)N(NC(C)C)C(C)C. The van der Waals surface area contributed by atoms with Crippen LogP contribution >= 0.6 is 0 Å². The molecule has 0 aromatic heterocycles. The first-order valence-corrected chi connectivity index (χ1v) is 6.61. The zero-order chi connectivity index (χ0) is 14.6. The quantitative estimate of drug-likeness (QED) is 0.831. The Morgan fingerprint density at radius 2 is 1.89 bits per heavy atom. The molecule has 106 valence electrons. The Hall–Kier alpha value is -1.55. The molecule has 0 spiro atoms. The van der Waals surface area contributed by atoms with Crippen molar-refractivity contribution in [1.29, 1.82) is 0 Å². The van der Waals surface area contributed by atoms with Crippen molar-refractivity contribution >= 4 is 5.91 Å². The molecule has 19 heavy (non-hydrogen) atoms. The topological polar surface area (TPSA) is 41.6 Å². The van der Waals surface area contributed by atoms with Crippen molar-refractivity contribution in [3.63, 3.8) is 0 Å². The van der Waals surface area contributed by atoms with Crippen LogP contribution in [-0.4, -0.2) is 30.1 Å². The van der Waals surface area contributed by atoms with Gasteiger partial charge in [0.1, 0.15) is 5.75 Å². The second kappa shape index (κ2) is 6.57. The molecule has 1 rings (SSSR count). The van der Waals surface area contributed by atoms with Gasteiger partial charge in [-0.15, -0.1) is 0 Å². The lowest BCUT2D eigenvalue weighted by Crippen LogP contribution is -2.50. The Kier molecular flexibility index (Phi) is 5.36. The summed E-state index contributed by atoms with van der Waals surface area (Å²) >= 11 is 0. The number of carbonyl (C=O) groups is 1. The molecule has 0 aliphatic carbocycles. The first kappa shape index (κ1) is 15.5. The minimum absolute atomic E-state index is 0.0655. The lowest BCUT2D eigenvalue weighted by Gasteiger charge is -2.30. The van der Waals surface area contributed by atoms with Gasteiger partial charge < -0.3 is 4.74 Å². The van der Waals surface area contributed by atoms with Crippen molar-refractivity contribution in [1.82, 2.24) is 10.4 Å². The molecule has 4 heteroatoms. The molecule has 1 amide bonds. The van der Waals surface area contributed by atoms with Crippen LogP contribution in [0.4, 0.5) is 0 Å². The average Bonchev–Trinajstić information content (AvgIpc) is 2.34. The molecule has 1 aromatic carbocycles. The van der Waals surface area contributed by atoms with Crippen LogP contribution in [0.3, 0.4) is 0 Å². The Labute approximate surface area is 115 Å². The number of amides is 1. The predicted molar refractivity (Wildman–Crippen MR) is 77.3 cm³/mol. The number of aryl methyl sites for hydroxylation is 1. The van der Waals surface area contributed by atoms with E-state index in [4.69, 9.17) is 4.74 Å². The molecule has 1 N–H and O–H groups in total. The van der Waals surface area contributed by atoms with E-state index in [1.165, 1.54) is 0 Å². The number of nitrogens with one attached hydrogen (secondary N) is 1. The molecule has 0 atom stereocenters. The number of methoxy groups -OCH3 is 1. The van der Waals surface area contributed by atoms with E-state index in [1.54, 1.807) is 18.2 Å². The smallest absolute Gasteiger partial charge is 0.271 e. The van der Waals surface area contributed by atoms with Crippen molar-refractivity contribution in [3.05, 3.63) is 29.3 Å². The van der Waals surface area contributed by atoms with E-state index < -0.39 is 0 Å². The van der Waals surface area contributed by atoms with Crippen LogP contribution in [0.15, 0.2) is 18.2 Å². The third-order valence-corrected chi connectivity index (χ3v) is 2.78. The summed E-state index contributed by atoms with van der Waals surface area (Å²) < 4.78 is 5.36. The standard InChI is InChI=1S/C15H24N2O2/c1-10(2)16-17(11(3)4)15(18)13-9-7-8-12(5)14(13)19-6/h7-11,16H,1-6H3. The number of hydrazine groups is 1. The molecular formula is C15H24N2O2. The highest BCUT2D eigenvalue weighted by Gasteiger charge is 2.23. The zero-order valence-electron chi connectivity index (χ0n) is 12.7.